The maximum atomic E-state index is 5.43. The van der Waals surface area contributed by atoms with Crippen molar-refractivity contribution in [3.8, 4) is 5.75 Å². The van der Waals surface area contributed by atoms with Gasteiger partial charge in [-0.2, -0.15) is 0 Å². The van der Waals surface area contributed by atoms with Gasteiger partial charge < -0.3 is 9.72 Å². The number of methoxy groups -OCH3 is 1. The zero-order valence-electron chi connectivity index (χ0n) is 10.5. The van der Waals surface area contributed by atoms with Gasteiger partial charge in [-0.05, 0) is 24.5 Å². The van der Waals surface area contributed by atoms with E-state index in [1.165, 1.54) is 0 Å². The first kappa shape index (κ1) is 11.9. The van der Waals surface area contributed by atoms with Crippen molar-refractivity contribution in [2.24, 2.45) is 4.99 Å². The van der Waals surface area contributed by atoms with E-state index in [1.807, 2.05) is 24.5 Å². The number of aromatic nitrogens is 2. The number of imidazole rings is 1. The summed E-state index contributed by atoms with van der Waals surface area (Å²) in [6.45, 7) is 0. The maximum Gasteiger partial charge on any atom is 0.198 e. The Morgan fingerprint density at radius 3 is 3.05 bits per heavy atom. The van der Waals surface area contributed by atoms with Crippen molar-refractivity contribution in [1.29, 1.82) is 0 Å². The highest BCUT2D eigenvalue weighted by Crippen LogP contribution is 2.34. The monoisotopic (exact) mass is 275 g/mol. The number of thioether (sulfide) groups is 1. The van der Waals surface area contributed by atoms with Gasteiger partial charge in [-0.3, -0.25) is 5.43 Å². The number of benzene rings is 1. The first-order valence-corrected chi connectivity index (χ1v) is 6.90. The Morgan fingerprint density at radius 1 is 1.37 bits per heavy atom. The summed E-state index contributed by atoms with van der Waals surface area (Å²) in [5.74, 6) is 2.20. The minimum atomic E-state index is 0.649. The van der Waals surface area contributed by atoms with Crippen LogP contribution in [0.2, 0.25) is 0 Å². The topological polar surface area (TPSA) is 65.5 Å². The number of nitrogens with zero attached hydrogens (tertiary/aromatic N) is 3. The Kier molecular flexibility index (Phi) is 3.04. The lowest BCUT2D eigenvalue weighted by atomic mass is 10.3. The Labute approximate surface area is 114 Å². The second-order valence-corrected chi connectivity index (χ2v) is 4.74. The molecule has 0 unspecified atom stereocenters. The van der Waals surface area contributed by atoms with Crippen LogP contribution in [0.1, 0.15) is 0 Å². The van der Waals surface area contributed by atoms with Gasteiger partial charge in [0.05, 0.1) is 13.4 Å². The maximum absolute atomic E-state index is 5.43. The van der Waals surface area contributed by atoms with Crippen molar-refractivity contribution in [1.82, 2.24) is 9.97 Å². The number of aromatic amines is 1. The lowest BCUT2D eigenvalue weighted by molar-refractivity contribution is 0.415. The molecule has 98 valence electrons. The highest BCUT2D eigenvalue weighted by Gasteiger charge is 2.17. The Balaban J connectivity index is 1.95. The molecule has 2 heterocycles. The van der Waals surface area contributed by atoms with Crippen molar-refractivity contribution >= 4 is 35.4 Å². The summed E-state index contributed by atoms with van der Waals surface area (Å²) < 4.78 is 5.43. The number of anilines is 2. The van der Waals surface area contributed by atoms with Gasteiger partial charge in [-0.15, -0.1) is 11.8 Å². The normalized spacial score (nSPS) is 13.1. The summed E-state index contributed by atoms with van der Waals surface area (Å²) in [5, 5.41) is 1.80. The highest BCUT2D eigenvalue weighted by molar-refractivity contribution is 7.98. The molecule has 3 rings (SSSR count). The molecule has 1 aliphatic heterocycles. The molecule has 0 spiro atoms. The molecular weight excluding hydrogens is 262 g/mol. The van der Waals surface area contributed by atoms with Gasteiger partial charge in [-0.1, -0.05) is 0 Å². The van der Waals surface area contributed by atoms with Crippen LogP contribution in [0.4, 0.5) is 17.3 Å². The fourth-order valence-corrected chi connectivity index (χ4v) is 2.26. The van der Waals surface area contributed by atoms with Crippen LogP contribution in [0.5, 0.6) is 5.75 Å². The van der Waals surface area contributed by atoms with E-state index in [4.69, 9.17) is 4.74 Å². The van der Waals surface area contributed by atoms with E-state index in [0.29, 0.717) is 5.82 Å². The highest BCUT2D eigenvalue weighted by atomic mass is 32.2. The van der Waals surface area contributed by atoms with Crippen molar-refractivity contribution in [3.63, 3.8) is 0 Å². The van der Waals surface area contributed by atoms with Crippen LogP contribution in [0, 0.1) is 0 Å². The minimum absolute atomic E-state index is 0.649. The second kappa shape index (κ2) is 4.85. The molecule has 1 aromatic carbocycles. The molecule has 0 aliphatic carbocycles. The quantitative estimate of drug-likeness (QED) is 0.843. The van der Waals surface area contributed by atoms with Crippen molar-refractivity contribution in [2.45, 2.75) is 4.90 Å². The van der Waals surface area contributed by atoms with Gasteiger partial charge in [-0.25, -0.2) is 15.0 Å². The average Bonchev–Trinajstić information content (AvgIpc) is 2.93. The third-order valence-electron chi connectivity index (χ3n) is 2.79. The Bertz CT molecular complexity index is 624. The van der Waals surface area contributed by atoms with Crippen molar-refractivity contribution in [3.05, 3.63) is 24.5 Å². The Hall–Kier alpha value is -2.15. The van der Waals surface area contributed by atoms with Gasteiger partial charge >= 0.3 is 0 Å². The van der Waals surface area contributed by atoms with Gasteiger partial charge in [0.1, 0.15) is 17.8 Å². The van der Waals surface area contributed by atoms with Crippen LogP contribution in [0.3, 0.4) is 0 Å². The molecule has 0 saturated heterocycles. The standard InChI is InChI=1S/C12H13N5OS/c1-18-10-5-8(19-2)3-4-9(10)17-7-15-11-12(16-17)14-6-13-11/h3-7,16H,1-2H3,(H,13,14). The third-order valence-corrected chi connectivity index (χ3v) is 3.52. The Morgan fingerprint density at radius 2 is 2.26 bits per heavy atom. The number of H-pyrrole nitrogens is 1. The predicted octanol–water partition coefficient (Wildman–Crippen LogP) is 2.65. The molecular formula is C12H13N5OS. The molecule has 0 bridgehead atoms. The number of hydrazine groups is 1. The summed E-state index contributed by atoms with van der Waals surface area (Å²) in [4.78, 5) is 12.5. The average molecular weight is 275 g/mol. The largest absolute Gasteiger partial charge is 0.494 e. The number of hydrogen-bond donors (Lipinski definition) is 2. The SMILES string of the molecule is COc1cc(SC)ccc1N1C=Nc2nc[nH]c2N1. The summed E-state index contributed by atoms with van der Waals surface area (Å²) in [5.41, 5.74) is 4.08. The van der Waals surface area contributed by atoms with E-state index in [9.17, 15) is 0 Å². The summed E-state index contributed by atoms with van der Waals surface area (Å²) >= 11 is 1.67. The molecule has 0 fully saturated rings. The molecule has 1 aromatic heterocycles. The summed E-state index contributed by atoms with van der Waals surface area (Å²) in [7, 11) is 1.66. The van der Waals surface area contributed by atoms with E-state index in [2.05, 4.69) is 20.4 Å². The summed E-state index contributed by atoms with van der Waals surface area (Å²) in [6.07, 6.45) is 5.32. The number of ether oxygens (including phenoxy) is 1. The van der Waals surface area contributed by atoms with Crippen LogP contribution in [0.15, 0.2) is 34.4 Å². The molecule has 1 aliphatic rings. The van der Waals surface area contributed by atoms with Crippen molar-refractivity contribution < 1.29 is 4.74 Å². The van der Waals surface area contributed by atoms with E-state index < -0.39 is 0 Å². The van der Waals surface area contributed by atoms with Crippen molar-refractivity contribution in [2.75, 3.05) is 23.8 Å². The van der Waals surface area contributed by atoms with Gasteiger partial charge in [0.2, 0.25) is 0 Å². The number of hydrogen-bond acceptors (Lipinski definition) is 6. The van der Waals surface area contributed by atoms with Crippen LogP contribution in [-0.2, 0) is 0 Å². The lowest BCUT2D eigenvalue weighted by Gasteiger charge is -2.25. The minimum Gasteiger partial charge on any atom is -0.494 e. The zero-order chi connectivity index (χ0) is 13.2. The number of nitrogens with one attached hydrogen (secondary N) is 2. The fraction of sp³-hybridized carbons (Fsp3) is 0.167. The molecule has 2 N–H and O–H groups in total. The van der Waals surface area contributed by atoms with Gasteiger partial charge in [0.25, 0.3) is 0 Å². The molecule has 6 nitrogen and oxygen atoms in total. The summed E-state index contributed by atoms with van der Waals surface area (Å²) in [6, 6.07) is 6.03. The molecule has 0 saturated carbocycles. The predicted molar refractivity (Wildman–Crippen MR) is 77.6 cm³/mol. The van der Waals surface area contributed by atoms with Crippen LogP contribution in [-0.4, -0.2) is 29.7 Å². The molecule has 0 amide bonds. The fourth-order valence-electron chi connectivity index (χ4n) is 1.84. The van der Waals surface area contributed by atoms with Gasteiger partial charge in [0.15, 0.2) is 11.6 Å². The number of aliphatic imine (C=N–C) groups is 1. The van der Waals surface area contributed by atoms with E-state index >= 15 is 0 Å². The second-order valence-electron chi connectivity index (χ2n) is 3.87. The first-order chi connectivity index (χ1) is 9.31. The molecule has 7 heteroatoms. The zero-order valence-corrected chi connectivity index (χ0v) is 11.4. The molecule has 0 atom stereocenters. The lowest BCUT2D eigenvalue weighted by Crippen LogP contribution is -2.30. The van der Waals surface area contributed by atoms with Crippen LogP contribution in [0.25, 0.3) is 0 Å². The number of rotatable bonds is 3. The third kappa shape index (κ3) is 2.12. The molecule has 2 aromatic rings. The van der Waals surface area contributed by atoms with E-state index in [0.717, 1.165) is 22.2 Å². The van der Waals surface area contributed by atoms with Gasteiger partial charge in [0, 0.05) is 4.90 Å². The molecule has 19 heavy (non-hydrogen) atoms. The van der Waals surface area contributed by atoms with Crippen LogP contribution >= 0.6 is 11.8 Å². The smallest absolute Gasteiger partial charge is 0.198 e. The van der Waals surface area contributed by atoms with Crippen LogP contribution < -0.4 is 15.2 Å². The number of fused-ring (bicyclic) bond motifs is 1. The first-order valence-electron chi connectivity index (χ1n) is 5.67. The van der Waals surface area contributed by atoms with E-state index in [-0.39, 0.29) is 0 Å². The molecule has 0 radical (unpaired) electrons. The van der Waals surface area contributed by atoms with E-state index in [1.54, 1.807) is 36.5 Å².